The molecule has 0 spiro atoms. The third kappa shape index (κ3) is 2.87. The van der Waals surface area contributed by atoms with Gasteiger partial charge in [-0.25, -0.2) is 0 Å². The second-order valence-corrected chi connectivity index (χ2v) is 3.87. The van der Waals surface area contributed by atoms with Gasteiger partial charge in [0.05, 0.1) is 5.56 Å². The van der Waals surface area contributed by atoms with Crippen LogP contribution in [-0.2, 0) is 6.54 Å². The van der Waals surface area contributed by atoms with E-state index in [4.69, 9.17) is 10.2 Å². The number of carbonyl (C=O) groups excluding carboxylic acids is 1. The van der Waals surface area contributed by atoms with E-state index in [0.717, 1.165) is 11.3 Å². The monoisotopic (exact) mass is 230 g/mol. The van der Waals surface area contributed by atoms with Crippen molar-refractivity contribution >= 4 is 11.6 Å². The van der Waals surface area contributed by atoms with Crippen molar-refractivity contribution in [3.8, 4) is 0 Å². The van der Waals surface area contributed by atoms with Crippen LogP contribution < -0.4 is 11.1 Å². The molecule has 1 aromatic heterocycles. The molecule has 88 valence electrons. The van der Waals surface area contributed by atoms with Crippen LogP contribution in [0.4, 0.5) is 5.69 Å². The summed E-state index contributed by atoms with van der Waals surface area (Å²) < 4.78 is 5.08. The fourth-order valence-corrected chi connectivity index (χ4v) is 1.48. The topological polar surface area (TPSA) is 68.3 Å². The Morgan fingerprint density at radius 1 is 1.35 bits per heavy atom. The predicted octanol–water partition coefficient (Wildman–Crippen LogP) is 2.10. The highest BCUT2D eigenvalue weighted by atomic mass is 16.3. The minimum atomic E-state index is -0.140. The number of furan rings is 1. The van der Waals surface area contributed by atoms with E-state index in [-0.39, 0.29) is 5.91 Å². The van der Waals surface area contributed by atoms with E-state index >= 15 is 0 Å². The molecule has 2 aromatic rings. The van der Waals surface area contributed by atoms with Crippen molar-refractivity contribution in [2.45, 2.75) is 13.5 Å². The zero-order valence-corrected chi connectivity index (χ0v) is 9.57. The first-order chi connectivity index (χ1) is 8.15. The Balaban J connectivity index is 1.94. The number of amides is 1. The van der Waals surface area contributed by atoms with Gasteiger partial charge in [-0.1, -0.05) is 12.1 Å². The minimum Gasteiger partial charge on any atom is -0.469 e. The highest BCUT2D eigenvalue weighted by Crippen LogP contribution is 2.08. The molecule has 1 amide bonds. The van der Waals surface area contributed by atoms with Gasteiger partial charge in [0.15, 0.2) is 0 Å². The van der Waals surface area contributed by atoms with Crippen LogP contribution >= 0.6 is 0 Å². The molecule has 0 aliphatic heterocycles. The SMILES string of the molecule is Cc1cc(C(=O)NCc2ccc(N)cc2)co1. The van der Waals surface area contributed by atoms with Crippen molar-refractivity contribution in [2.24, 2.45) is 0 Å². The van der Waals surface area contributed by atoms with E-state index in [2.05, 4.69) is 5.32 Å². The van der Waals surface area contributed by atoms with Crippen molar-refractivity contribution < 1.29 is 9.21 Å². The van der Waals surface area contributed by atoms with Gasteiger partial charge in [-0.15, -0.1) is 0 Å². The molecule has 2 rings (SSSR count). The smallest absolute Gasteiger partial charge is 0.254 e. The maximum Gasteiger partial charge on any atom is 0.254 e. The number of nitrogen functional groups attached to an aromatic ring is 1. The molecule has 0 bridgehead atoms. The quantitative estimate of drug-likeness (QED) is 0.793. The van der Waals surface area contributed by atoms with Gasteiger partial charge in [-0.05, 0) is 30.7 Å². The number of carbonyl (C=O) groups is 1. The molecule has 0 radical (unpaired) electrons. The van der Waals surface area contributed by atoms with Crippen LogP contribution in [0.5, 0.6) is 0 Å². The molecule has 4 nitrogen and oxygen atoms in total. The molecule has 0 saturated carbocycles. The van der Waals surface area contributed by atoms with E-state index in [9.17, 15) is 4.79 Å². The number of hydrogen-bond donors (Lipinski definition) is 2. The average Bonchev–Trinajstić information content (AvgIpc) is 2.75. The molecule has 0 fully saturated rings. The van der Waals surface area contributed by atoms with Crippen LogP contribution in [0.25, 0.3) is 0 Å². The molecule has 0 saturated heterocycles. The summed E-state index contributed by atoms with van der Waals surface area (Å²) in [6.45, 7) is 2.28. The number of hydrogen-bond acceptors (Lipinski definition) is 3. The fourth-order valence-electron chi connectivity index (χ4n) is 1.48. The highest BCUT2D eigenvalue weighted by Gasteiger charge is 2.07. The Morgan fingerprint density at radius 3 is 2.65 bits per heavy atom. The first-order valence-electron chi connectivity index (χ1n) is 5.33. The number of nitrogens with two attached hydrogens (primary N) is 1. The van der Waals surface area contributed by atoms with Gasteiger partial charge in [0, 0.05) is 12.2 Å². The maximum absolute atomic E-state index is 11.7. The van der Waals surface area contributed by atoms with Crippen molar-refractivity contribution in [3.05, 3.63) is 53.5 Å². The van der Waals surface area contributed by atoms with E-state index in [1.165, 1.54) is 6.26 Å². The predicted molar refractivity (Wildman–Crippen MR) is 65.5 cm³/mol. The van der Waals surface area contributed by atoms with Crippen molar-refractivity contribution in [1.29, 1.82) is 0 Å². The molecular formula is C13H14N2O2. The standard InChI is InChI=1S/C13H14N2O2/c1-9-6-11(8-17-9)13(16)15-7-10-2-4-12(14)5-3-10/h2-6,8H,7,14H2,1H3,(H,15,16). The molecule has 1 aromatic carbocycles. The number of nitrogens with one attached hydrogen (secondary N) is 1. The van der Waals surface area contributed by atoms with Gasteiger partial charge < -0.3 is 15.5 Å². The Labute approximate surface area is 99.4 Å². The number of anilines is 1. The Kier molecular flexibility index (Phi) is 3.14. The third-order valence-corrected chi connectivity index (χ3v) is 2.43. The average molecular weight is 230 g/mol. The lowest BCUT2D eigenvalue weighted by Gasteiger charge is -2.03. The number of rotatable bonds is 3. The number of benzene rings is 1. The highest BCUT2D eigenvalue weighted by molar-refractivity contribution is 5.93. The van der Waals surface area contributed by atoms with Gasteiger partial charge in [0.25, 0.3) is 5.91 Å². The second kappa shape index (κ2) is 4.74. The second-order valence-electron chi connectivity index (χ2n) is 3.87. The lowest BCUT2D eigenvalue weighted by Crippen LogP contribution is -2.22. The molecule has 0 aliphatic carbocycles. The normalized spacial score (nSPS) is 10.2. The van der Waals surface area contributed by atoms with Crippen molar-refractivity contribution in [3.63, 3.8) is 0 Å². The van der Waals surface area contributed by atoms with Crippen molar-refractivity contribution in [2.75, 3.05) is 5.73 Å². The van der Waals surface area contributed by atoms with Gasteiger partial charge >= 0.3 is 0 Å². The molecule has 1 heterocycles. The number of aryl methyl sites for hydroxylation is 1. The van der Waals surface area contributed by atoms with Crippen LogP contribution in [0.2, 0.25) is 0 Å². The van der Waals surface area contributed by atoms with Gasteiger partial charge in [0.2, 0.25) is 0 Å². The van der Waals surface area contributed by atoms with Gasteiger partial charge in [-0.3, -0.25) is 4.79 Å². The fraction of sp³-hybridized carbons (Fsp3) is 0.154. The summed E-state index contributed by atoms with van der Waals surface area (Å²) >= 11 is 0. The Bertz CT molecular complexity index is 514. The molecule has 0 unspecified atom stereocenters. The molecule has 0 atom stereocenters. The molecule has 4 heteroatoms. The van der Waals surface area contributed by atoms with Crippen LogP contribution in [0.1, 0.15) is 21.7 Å². The largest absolute Gasteiger partial charge is 0.469 e. The lowest BCUT2D eigenvalue weighted by molar-refractivity contribution is 0.0950. The minimum absolute atomic E-state index is 0.140. The Morgan fingerprint density at radius 2 is 2.06 bits per heavy atom. The van der Waals surface area contributed by atoms with Crippen LogP contribution in [0.3, 0.4) is 0 Å². The summed E-state index contributed by atoms with van der Waals surface area (Å²) in [7, 11) is 0. The van der Waals surface area contributed by atoms with E-state index in [1.807, 2.05) is 24.3 Å². The van der Waals surface area contributed by atoms with Crippen LogP contribution in [-0.4, -0.2) is 5.91 Å². The maximum atomic E-state index is 11.7. The molecule has 3 N–H and O–H groups in total. The third-order valence-electron chi connectivity index (χ3n) is 2.43. The molecule has 17 heavy (non-hydrogen) atoms. The summed E-state index contributed by atoms with van der Waals surface area (Å²) in [5, 5.41) is 2.81. The van der Waals surface area contributed by atoms with E-state index < -0.39 is 0 Å². The van der Waals surface area contributed by atoms with E-state index in [0.29, 0.717) is 17.8 Å². The first-order valence-corrected chi connectivity index (χ1v) is 5.33. The molecular weight excluding hydrogens is 216 g/mol. The summed E-state index contributed by atoms with van der Waals surface area (Å²) in [6, 6.07) is 9.09. The van der Waals surface area contributed by atoms with Crippen LogP contribution in [0, 0.1) is 6.92 Å². The van der Waals surface area contributed by atoms with E-state index in [1.54, 1.807) is 13.0 Å². The first kappa shape index (κ1) is 11.3. The lowest BCUT2D eigenvalue weighted by atomic mass is 10.2. The van der Waals surface area contributed by atoms with Gasteiger partial charge in [0.1, 0.15) is 12.0 Å². The Hall–Kier alpha value is -2.23. The molecule has 0 aliphatic rings. The van der Waals surface area contributed by atoms with Crippen LogP contribution in [0.15, 0.2) is 41.0 Å². The zero-order chi connectivity index (χ0) is 12.3. The van der Waals surface area contributed by atoms with Crippen molar-refractivity contribution in [1.82, 2.24) is 5.32 Å². The summed E-state index contributed by atoms with van der Waals surface area (Å²) in [4.78, 5) is 11.7. The zero-order valence-electron chi connectivity index (χ0n) is 9.57. The summed E-state index contributed by atoms with van der Waals surface area (Å²) in [5.41, 5.74) is 7.84. The van der Waals surface area contributed by atoms with Gasteiger partial charge in [-0.2, -0.15) is 0 Å². The summed E-state index contributed by atoms with van der Waals surface area (Å²) in [6.07, 6.45) is 1.45. The summed E-state index contributed by atoms with van der Waals surface area (Å²) in [5.74, 6) is 0.585.